The van der Waals surface area contributed by atoms with E-state index in [0.717, 1.165) is 0 Å². The quantitative estimate of drug-likeness (QED) is 0.463. The molecular formula is C5H10N2O2. The van der Waals surface area contributed by atoms with Gasteiger partial charge in [0.25, 0.3) is 0 Å². The zero-order valence-electron chi connectivity index (χ0n) is 5.31. The van der Waals surface area contributed by atoms with Gasteiger partial charge in [-0.1, -0.05) is 0 Å². The predicted molar refractivity (Wildman–Crippen MR) is 31.8 cm³/mol. The van der Waals surface area contributed by atoms with Crippen molar-refractivity contribution in [3.05, 3.63) is 0 Å². The fraction of sp³-hybridized carbons (Fsp3) is 0.800. The molecular weight excluding hydrogens is 120 g/mol. The third-order valence-electron chi connectivity index (χ3n) is 1.30. The van der Waals surface area contributed by atoms with Crippen molar-refractivity contribution < 1.29 is 9.53 Å². The molecule has 1 rings (SSSR count). The monoisotopic (exact) mass is 130 g/mol. The summed E-state index contributed by atoms with van der Waals surface area (Å²) in [5.74, 6) is 0.0174. The third kappa shape index (κ3) is 1.40. The van der Waals surface area contributed by atoms with Crippen LogP contribution in [0.3, 0.4) is 0 Å². The van der Waals surface area contributed by atoms with Gasteiger partial charge in [0.05, 0.1) is 6.61 Å². The summed E-state index contributed by atoms with van der Waals surface area (Å²) in [7, 11) is 1.74. The van der Waals surface area contributed by atoms with Crippen molar-refractivity contribution in [2.45, 2.75) is 6.04 Å². The van der Waals surface area contributed by atoms with Crippen LogP contribution in [0.1, 0.15) is 0 Å². The Kier molecular flexibility index (Phi) is 2.02. The van der Waals surface area contributed by atoms with E-state index in [1.165, 1.54) is 0 Å². The second kappa shape index (κ2) is 2.80. The highest BCUT2D eigenvalue weighted by Crippen LogP contribution is 1.90. The maximum atomic E-state index is 10.8. The van der Waals surface area contributed by atoms with Crippen molar-refractivity contribution >= 4 is 5.91 Å². The summed E-state index contributed by atoms with van der Waals surface area (Å²) in [4.78, 5) is 10.8. The number of carbonyl (C=O) groups is 1. The summed E-state index contributed by atoms with van der Waals surface area (Å²) in [6.45, 7) is 0.819. The van der Waals surface area contributed by atoms with Crippen LogP contribution >= 0.6 is 0 Å². The molecule has 4 nitrogen and oxygen atoms in total. The van der Waals surface area contributed by atoms with Crippen LogP contribution < -0.4 is 10.6 Å². The molecule has 52 valence electrons. The van der Waals surface area contributed by atoms with Crippen molar-refractivity contribution in [2.75, 3.05) is 20.4 Å². The number of amides is 1. The van der Waals surface area contributed by atoms with E-state index in [2.05, 4.69) is 10.6 Å². The van der Waals surface area contributed by atoms with Crippen LogP contribution in [0.4, 0.5) is 0 Å². The summed E-state index contributed by atoms with van der Waals surface area (Å²) < 4.78 is 4.95. The van der Waals surface area contributed by atoms with Gasteiger partial charge in [-0.3, -0.25) is 4.79 Å². The van der Waals surface area contributed by atoms with Crippen molar-refractivity contribution in [2.24, 2.45) is 0 Å². The molecule has 0 saturated carbocycles. The van der Waals surface area contributed by atoms with Crippen molar-refractivity contribution in [3.63, 3.8) is 0 Å². The highest BCUT2D eigenvalue weighted by atomic mass is 16.5. The van der Waals surface area contributed by atoms with Crippen molar-refractivity contribution in [1.82, 2.24) is 10.6 Å². The van der Waals surface area contributed by atoms with E-state index in [4.69, 9.17) is 4.74 Å². The van der Waals surface area contributed by atoms with E-state index in [0.29, 0.717) is 13.3 Å². The number of rotatable bonds is 1. The molecule has 1 aliphatic heterocycles. The number of hydrogen-bond acceptors (Lipinski definition) is 3. The smallest absolute Gasteiger partial charge is 0.241 e. The van der Waals surface area contributed by atoms with E-state index in [1.54, 1.807) is 7.05 Å². The minimum atomic E-state index is -0.168. The molecule has 1 saturated heterocycles. The lowest BCUT2D eigenvalue weighted by molar-refractivity contribution is -0.130. The topological polar surface area (TPSA) is 50.4 Å². The molecule has 0 aromatic rings. The first-order chi connectivity index (χ1) is 4.34. The van der Waals surface area contributed by atoms with E-state index >= 15 is 0 Å². The lowest BCUT2D eigenvalue weighted by Gasteiger charge is -2.20. The Balaban J connectivity index is 2.39. The molecule has 9 heavy (non-hydrogen) atoms. The number of hydrogen-bond donors (Lipinski definition) is 2. The van der Waals surface area contributed by atoms with E-state index < -0.39 is 0 Å². The Labute approximate surface area is 53.6 Å². The van der Waals surface area contributed by atoms with Gasteiger partial charge in [0, 0.05) is 0 Å². The minimum absolute atomic E-state index is 0.0174. The number of carbonyl (C=O) groups excluding carboxylic acids is 1. The number of likely N-dealkylation sites (N-methyl/N-ethyl adjacent to an activating group) is 1. The van der Waals surface area contributed by atoms with Gasteiger partial charge in [-0.15, -0.1) is 0 Å². The number of ether oxygens (including phenoxy) is 1. The Hall–Kier alpha value is -0.610. The van der Waals surface area contributed by atoms with Gasteiger partial charge >= 0.3 is 0 Å². The zero-order chi connectivity index (χ0) is 6.69. The number of nitrogens with one attached hydrogen (secondary N) is 2. The molecule has 2 N–H and O–H groups in total. The second-order valence-corrected chi connectivity index (χ2v) is 1.90. The van der Waals surface area contributed by atoms with Crippen molar-refractivity contribution in [3.8, 4) is 0 Å². The first kappa shape index (κ1) is 6.51. The third-order valence-corrected chi connectivity index (χ3v) is 1.30. The summed E-state index contributed by atoms with van der Waals surface area (Å²) in [6, 6.07) is -0.168. The van der Waals surface area contributed by atoms with Crippen LogP contribution in [0, 0.1) is 0 Å². The minimum Gasteiger partial charge on any atom is -0.359 e. The molecule has 0 aromatic carbocycles. The highest BCUT2D eigenvalue weighted by Gasteiger charge is 2.19. The van der Waals surface area contributed by atoms with E-state index in [1.807, 2.05) is 0 Å². The largest absolute Gasteiger partial charge is 0.359 e. The first-order valence-electron chi connectivity index (χ1n) is 2.87. The fourth-order valence-corrected chi connectivity index (χ4v) is 0.712. The van der Waals surface area contributed by atoms with Gasteiger partial charge in [-0.05, 0) is 7.05 Å². The summed E-state index contributed by atoms with van der Waals surface area (Å²) >= 11 is 0. The molecule has 1 atom stereocenters. The van der Waals surface area contributed by atoms with Gasteiger partial charge in [0.2, 0.25) is 5.91 Å². The average molecular weight is 130 g/mol. The molecule has 4 heteroatoms. The Bertz CT molecular complexity index is 116. The van der Waals surface area contributed by atoms with Gasteiger partial charge < -0.3 is 15.4 Å². The van der Waals surface area contributed by atoms with E-state index in [-0.39, 0.29) is 11.9 Å². The maximum absolute atomic E-state index is 10.8. The SMILES string of the molecule is CNC1COCNC1=O. The van der Waals surface area contributed by atoms with E-state index in [9.17, 15) is 4.79 Å². The molecule has 0 aliphatic carbocycles. The fourth-order valence-electron chi connectivity index (χ4n) is 0.712. The molecule has 0 aromatic heterocycles. The van der Waals surface area contributed by atoms with Crippen LogP contribution in [-0.4, -0.2) is 32.3 Å². The second-order valence-electron chi connectivity index (χ2n) is 1.90. The Morgan fingerprint density at radius 1 is 1.89 bits per heavy atom. The molecule has 1 amide bonds. The van der Waals surface area contributed by atoms with Crippen LogP contribution in [-0.2, 0) is 9.53 Å². The molecule has 1 aliphatic rings. The van der Waals surface area contributed by atoms with Crippen LogP contribution in [0.25, 0.3) is 0 Å². The van der Waals surface area contributed by atoms with Crippen LogP contribution in [0.15, 0.2) is 0 Å². The lowest BCUT2D eigenvalue weighted by Crippen LogP contribution is -2.50. The van der Waals surface area contributed by atoms with Crippen LogP contribution in [0.5, 0.6) is 0 Å². The van der Waals surface area contributed by atoms with Gasteiger partial charge in [0.1, 0.15) is 12.8 Å². The normalized spacial score (nSPS) is 27.7. The predicted octanol–water partition coefficient (Wildman–Crippen LogP) is -1.32. The standard InChI is InChI=1S/C5H10N2O2/c1-6-4-2-9-3-7-5(4)8/h4,6H,2-3H2,1H3,(H,7,8). The van der Waals surface area contributed by atoms with Gasteiger partial charge in [-0.25, -0.2) is 0 Å². The lowest BCUT2D eigenvalue weighted by atomic mass is 10.3. The average Bonchev–Trinajstić information content (AvgIpc) is 1.89. The van der Waals surface area contributed by atoms with Gasteiger partial charge in [-0.2, -0.15) is 0 Å². The maximum Gasteiger partial charge on any atom is 0.241 e. The molecule has 1 unspecified atom stereocenters. The Morgan fingerprint density at radius 3 is 3.11 bits per heavy atom. The molecule has 0 bridgehead atoms. The first-order valence-corrected chi connectivity index (χ1v) is 2.87. The van der Waals surface area contributed by atoms with Crippen molar-refractivity contribution in [1.29, 1.82) is 0 Å². The molecule has 0 radical (unpaired) electrons. The molecule has 1 heterocycles. The zero-order valence-corrected chi connectivity index (χ0v) is 5.31. The summed E-state index contributed by atoms with van der Waals surface area (Å²) in [5, 5.41) is 5.38. The summed E-state index contributed by atoms with van der Waals surface area (Å²) in [5.41, 5.74) is 0. The van der Waals surface area contributed by atoms with Crippen LogP contribution in [0.2, 0.25) is 0 Å². The van der Waals surface area contributed by atoms with Gasteiger partial charge in [0.15, 0.2) is 0 Å². The summed E-state index contributed by atoms with van der Waals surface area (Å²) in [6.07, 6.45) is 0. The molecule has 1 fully saturated rings. The molecule has 0 spiro atoms. The highest BCUT2D eigenvalue weighted by molar-refractivity contribution is 5.82. The Morgan fingerprint density at radius 2 is 2.67 bits per heavy atom.